The van der Waals surface area contributed by atoms with E-state index in [-0.39, 0.29) is 25.9 Å². The SMILES string of the molecule is COC(=O)C1=C(C(=O)OC)SC2(S1)C(C(=O)OC)=C(C(=O)OC)SC1=C2c2ccc(OC)cc2N(C(=O)c2ccc(F)cc2)C1(C)C. The van der Waals surface area contributed by atoms with E-state index in [4.69, 9.17) is 23.7 Å². The summed E-state index contributed by atoms with van der Waals surface area (Å²) in [6, 6.07) is 10.0. The lowest BCUT2D eigenvalue weighted by molar-refractivity contribution is -0.138. The molecule has 0 radical (unpaired) electrons. The predicted octanol–water partition coefficient (Wildman–Crippen LogP) is 5.07. The van der Waals surface area contributed by atoms with Crippen molar-refractivity contribution in [1.29, 1.82) is 0 Å². The molecule has 0 fully saturated rings. The Kier molecular flexibility index (Phi) is 9.27. The molecule has 5 rings (SSSR count). The van der Waals surface area contributed by atoms with Crippen molar-refractivity contribution in [2.24, 2.45) is 0 Å². The molecule has 47 heavy (non-hydrogen) atoms. The van der Waals surface area contributed by atoms with E-state index in [2.05, 4.69) is 0 Å². The predicted molar refractivity (Wildman–Crippen MR) is 175 cm³/mol. The van der Waals surface area contributed by atoms with Crippen LogP contribution in [0.2, 0.25) is 0 Å². The Hall–Kier alpha value is -4.21. The highest BCUT2D eigenvalue weighted by molar-refractivity contribution is 8.26. The number of halogens is 1. The summed E-state index contributed by atoms with van der Waals surface area (Å²) >= 11 is 2.56. The number of benzene rings is 2. The van der Waals surface area contributed by atoms with E-state index in [9.17, 15) is 28.4 Å². The van der Waals surface area contributed by atoms with E-state index in [1.54, 1.807) is 32.0 Å². The summed E-state index contributed by atoms with van der Waals surface area (Å²) < 4.78 is 38.0. The van der Waals surface area contributed by atoms with Gasteiger partial charge in [0, 0.05) is 27.7 Å². The van der Waals surface area contributed by atoms with E-state index in [1.165, 1.54) is 36.3 Å². The molecule has 15 heteroatoms. The van der Waals surface area contributed by atoms with Gasteiger partial charge in [0.2, 0.25) is 0 Å². The highest BCUT2D eigenvalue weighted by Gasteiger charge is 2.61. The van der Waals surface area contributed by atoms with Gasteiger partial charge in [-0.3, -0.25) is 9.69 Å². The number of thioether (sulfide) groups is 3. The van der Waals surface area contributed by atoms with E-state index in [0.717, 1.165) is 63.7 Å². The number of rotatable bonds is 6. The number of esters is 4. The summed E-state index contributed by atoms with van der Waals surface area (Å²) in [6.07, 6.45) is 0. The first-order valence-electron chi connectivity index (χ1n) is 13.7. The fourth-order valence-electron chi connectivity index (χ4n) is 5.51. The molecule has 0 saturated carbocycles. The van der Waals surface area contributed by atoms with Gasteiger partial charge in [0.1, 0.15) is 30.4 Å². The molecule has 0 bridgehead atoms. The number of fused-ring (bicyclic) bond motifs is 3. The third-order valence-corrected chi connectivity index (χ3v) is 12.3. The van der Waals surface area contributed by atoms with Gasteiger partial charge >= 0.3 is 23.9 Å². The minimum atomic E-state index is -1.73. The molecule has 246 valence electrons. The highest BCUT2D eigenvalue weighted by atomic mass is 32.2. The second-order valence-corrected chi connectivity index (χ2v) is 14.3. The van der Waals surface area contributed by atoms with Crippen molar-refractivity contribution >= 4 is 76.3 Å². The van der Waals surface area contributed by atoms with Crippen molar-refractivity contribution in [3.63, 3.8) is 0 Å². The zero-order valence-electron chi connectivity index (χ0n) is 26.2. The van der Waals surface area contributed by atoms with Crippen LogP contribution >= 0.6 is 35.3 Å². The second-order valence-electron chi connectivity index (χ2n) is 10.5. The lowest BCUT2D eigenvalue weighted by atomic mass is 9.83. The van der Waals surface area contributed by atoms with Crippen LogP contribution in [-0.2, 0) is 38.1 Å². The fourth-order valence-corrected chi connectivity index (χ4v) is 10.6. The highest BCUT2D eigenvalue weighted by Crippen LogP contribution is 2.71. The van der Waals surface area contributed by atoms with Crippen molar-refractivity contribution in [1.82, 2.24) is 0 Å². The molecule has 0 N–H and O–H groups in total. The van der Waals surface area contributed by atoms with Gasteiger partial charge in [0.15, 0.2) is 0 Å². The standard InChI is InChI=1S/C32H28FNO10S3/c1-31(2)25-20(18-13-12-17(40-3)14-19(18)34(31)26(35)15-8-10-16(33)11-9-15)32(21(27(36)41-4)22(45-25)28(37)42-5)46-23(29(38)43-6)24(47-32)30(39)44-7/h8-14H,1-7H3. The number of ether oxygens (including phenoxy) is 5. The van der Waals surface area contributed by atoms with Crippen molar-refractivity contribution < 1.29 is 52.0 Å². The topological polar surface area (TPSA) is 135 Å². The average Bonchev–Trinajstić information content (AvgIpc) is 3.46. The third-order valence-electron chi connectivity index (χ3n) is 7.64. The van der Waals surface area contributed by atoms with Crippen LogP contribution in [-0.4, -0.2) is 75.0 Å². The van der Waals surface area contributed by atoms with Gasteiger partial charge in [0.05, 0.1) is 52.3 Å². The first-order valence-corrected chi connectivity index (χ1v) is 16.2. The number of nitrogens with zero attached hydrogens (tertiary/aromatic N) is 1. The maximum Gasteiger partial charge on any atom is 0.345 e. The first-order chi connectivity index (χ1) is 22.3. The number of methoxy groups -OCH3 is 5. The lowest BCUT2D eigenvalue weighted by Crippen LogP contribution is -2.53. The third kappa shape index (κ3) is 5.39. The van der Waals surface area contributed by atoms with E-state index in [1.807, 2.05) is 0 Å². The number of carbonyl (C=O) groups is 5. The molecule has 3 heterocycles. The molecule has 0 unspecified atom stereocenters. The Bertz CT molecular complexity index is 1800. The molecule has 0 atom stereocenters. The Morgan fingerprint density at radius 2 is 1.26 bits per heavy atom. The average molecular weight is 702 g/mol. The maximum absolute atomic E-state index is 14.3. The van der Waals surface area contributed by atoms with Gasteiger partial charge in [-0.2, -0.15) is 0 Å². The maximum atomic E-state index is 14.3. The van der Waals surface area contributed by atoms with Gasteiger partial charge in [-0.25, -0.2) is 23.6 Å². The van der Waals surface area contributed by atoms with Gasteiger partial charge in [-0.1, -0.05) is 35.3 Å². The molecular formula is C32H28FNO10S3. The van der Waals surface area contributed by atoms with Crippen LogP contribution in [0.4, 0.5) is 10.1 Å². The van der Waals surface area contributed by atoms with Crippen molar-refractivity contribution in [2.45, 2.75) is 23.5 Å². The smallest absolute Gasteiger partial charge is 0.345 e. The van der Waals surface area contributed by atoms with Crippen LogP contribution in [0.5, 0.6) is 5.75 Å². The van der Waals surface area contributed by atoms with Crippen molar-refractivity contribution in [2.75, 3.05) is 40.4 Å². The van der Waals surface area contributed by atoms with E-state index >= 15 is 0 Å². The molecule has 2 aromatic carbocycles. The number of hydrogen-bond donors (Lipinski definition) is 0. The van der Waals surface area contributed by atoms with Crippen LogP contribution in [0.15, 0.2) is 67.7 Å². The Labute approximate surface area is 281 Å². The molecule has 1 amide bonds. The number of anilines is 1. The first kappa shape index (κ1) is 34.1. The molecule has 0 aliphatic carbocycles. The Morgan fingerprint density at radius 1 is 0.723 bits per heavy atom. The summed E-state index contributed by atoms with van der Waals surface area (Å²) in [6.45, 7) is 3.48. The summed E-state index contributed by atoms with van der Waals surface area (Å²) in [5.74, 6) is -4.18. The van der Waals surface area contributed by atoms with E-state index in [0.29, 0.717) is 27.5 Å². The van der Waals surface area contributed by atoms with Crippen LogP contribution in [0.3, 0.4) is 0 Å². The Balaban J connectivity index is 1.89. The monoisotopic (exact) mass is 701 g/mol. The summed E-state index contributed by atoms with van der Waals surface area (Å²) in [4.78, 5) is 69.3. The summed E-state index contributed by atoms with van der Waals surface area (Å²) in [5.41, 5.74) is -0.110. The number of hydrogen-bond acceptors (Lipinski definition) is 13. The van der Waals surface area contributed by atoms with Gasteiger partial charge < -0.3 is 23.7 Å². The fraction of sp³-hybridized carbons (Fsp3) is 0.281. The normalized spacial score (nSPS) is 17.6. The van der Waals surface area contributed by atoms with Gasteiger partial charge in [-0.05, 0) is 50.2 Å². The van der Waals surface area contributed by atoms with Gasteiger partial charge in [0.25, 0.3) is 5.91 Å². The zero-order valence-corrected chi connectivity index (χ0v) is 28.6. The zero-order chi connectivity index (χ0) is 34.4. The van der Waals surface area contributed by atoms with Crippen molar-refractivity contribution in [3.8, 4) is 5.75 Å². The van der Waals surface area contributed by atoms with Crippen LogP contribution in [0, 0.1) is 5.82 Å². The quantitative estimate of drug-likeness (QED) is 0.294. The molecule has 0 saturated heterocycles. The van der Waals surface area contributed by atoms with Crippen LogP contribution < -0.4 is 9.64 Å². The van der Waals surface area contributed by atoms with Gasteiger partial charge in [-0.15, -0.1) is 0 Å². The summed E-state index contributed by atoms with van der Waals surface area (Å²) in [5, 5.41) is 0. The molecule has 0 aromatic heterocycles. The molecule has 11 nitrogen and oxygen atoms in total. The lowest BCUT2D eigenvalue weighted by Gasteiger charge is -2.50. The molecule has 2 aromatic rings. The number of carbonyl (C=O) groups excluding carboxylic acids is 5. The minimum absolute atomic E-state index is 0.161. The van der Waals surface area contributed by atoms with Crippen LogP contribution in [0.25, 0.3) is 5.57 Å². The van der Waals surface area contributed by atoms with Crippen molar-refractivity contribution in [3.05, 3.63) is 84.6 Å². The van der Waals surface area contributed by atoms with Crippen LogP contribution in [0.1, 0.15) is 29.8 Å². The largest absolute Gasteiger partial charge is 0.497 e. The molecular weight excluding hydrogens is 674 g/mol. The minimum Gasteiger partial charge on any atom is -0.497 e. The Morgan fingerprint density at radius 3 is 1.77 bits per heavy atom. The second kappa shape index (κ2) is 12.8. The summed E-state index contributed by atoms with van der Waals surface area (Å²) in [7, 11) is 6.03. The molecule has 3 aliphatic heterocycles. The molecule has 3 aliphatic rings. The van der Waals surface area contributed by atoms with E-state index < -0.39 is 45.2 Å². The number of amides is 1. The molecule has 1 spiro atoms.